The van der Waals surface area contributed by atoms with Crippen molar-refractivity contribution in [3.05, 3.63) is 102 Å². The van der Waals surface area contributed by atoms with Crippen molar-refractivity contribution < 1.29 is 14.4 Å². The van der Waals surface area contributed by atoms with E-state index in [9.17, 15) is 14.4 Å². The first-order valence-corrected chi connectivity index (χ1v) is 11.4. The molecule has 7 nitrogen and oxygen atoms in total. The first-order valence-electron chi connectivity index (χ1n) is 11.4. The number of hydrogen-bond donors (Lipinski definition) is 1. The molecule has 3 aromatic carbocycles. The Labute approximate surface area is 203 Å². The van der Waals surface area contributed by atoms with E-state index in [0.717, 1.165) is 22.4 Å². The first-order chi connectivity index (χ1) is 17.0. The molecule has 1 aliphatic rings. The second-order valence-electron chi connectivity index (χ2n) is 8.56. The van der Waals surface area contributed by atoms with E-state index in [1.54, 1.807) is 23.0 Å². The third-order valence-corrected chi connectivity index (χ3v) is 6.01. The number of rotatable bonds is 6. The summed E-state index contributed by atoms with van der Waals surface area (Å²) in [6, 6.07) is 24.7. The summed E-state index contributed by atoms with van der Waals surface area (Å²) in [7, 11) is 0. The summed E-state index contributed by atoms with van der Waals surface area (Å²) in [6.07, 6.45) is 2.28. The minimum Gasteiger partial charge on any atom is -0.322 e. The van der Waals surface area contributed by atoms with Gasteiger partial charge in [-0.1, -0.05) is 60.2 Å². The largest absolute Gasteiger partial charge is 0.322 e. The van der Waals surface area contributed by atoms with Crippen LogP contribution in [0.15, 0.2) is 85.1 Å². The zero-order chi connectivity index (χ0) is 24.4. The first kappa shape index (κ1) is 22.3. The number of nitrogens with zero attached hydrogens (tertiary/aromatic N) is 3. The Hall–Kier alpha value is -4.52. The number of carbonyl (C=O) groups excluding carboxylic acids is 3. The van der Waals surface area contributed by atoms with Gasteiger partial charge in [-0.15, -0.1) is 0 Å². The van der Waals surface area contributed by atoms with E-state index in [1.807, 2.05) is 73.7 Å². The molecule has 5 rings (SSSR count). The molecule has 0 atom stereocenters. The van der Waals surface area contributed by atoms with Crippen LogP contribution < -0.4 is 5.32 Å². The van der Waals surface area contributed by atoms with Gasteiger partial charge >= 0.3 is 0 Å². The number of imide groups is 1. The molecule has 1 fully saturated rings. The van der Waals surface area contributed by atoms with Gasteiger partial charge in [-0.2, -0.15) is 5.10 Å². The van der Waals surface area contributed by atoms with E-state index >= 15 is 0 Å². The molecule has 2 heterocycles. The van der Waals surface area contributed by atoms with Crippen molar-refractivity contribution in [2.45, 2.75) is 26.3 Å². The van der Waals surface area contributed by atoms with Crippen LogP contribution in [-0.2, 0) is 16.1 Å². The summed E-state index contributed by atoms with van der Waals surface area (Å²) in [5.74, 6) is -0.572. The second kappa shape index (κ2) is 9.38. The molecule has 4 aromatic rings. The molecule has 1 aromatic heterocycles. The molecule has 1 N–H and O–H groups in total. The summed E-state index contributed by atoms with van der Waals surface area (Å²) in [5.41, 5.74) is 5.33. The van der Waals surface area contributed by atoms with Crippen LogP contribution in [0.3, 0.4) is 0 Å². The van der Waals surface area contributed by atoms with E-state index < -0.39 is 0 Å². The van der Waals surface area contributed by atoms with Gasteiger partial charge in [-0.05, 0) is 36.8 Å². The number of amides is 3. The topological polar surface area (TPSA) is 84.3 Å². The number of aromatic nitrogens is 2. The number of nitrogens with one attached hydrogen (secondary N) is 1. The summed E-state index contributed by atoms with van der Waals surface area (Å²) in [5, 5.41) is 7.66. The zero-order valence-electron chi connectivity index (χ0n) is 19.3. The molecule has 1 saturated heterocycles. The standard InChI is InChI=1S/C28H24N4O3/c1-19-7-13-23(14-8-19)32-18-24(27(30-32)21-5-3-2-4-6-21)28(35)29-22-11-9-20(10-12-22)17-31-25(33)15-16-26(31)34/h2-14,18H,15-17H2,1H3,(H,29,35). The molecule has 3 amide bonds. The number of aryl methyl sites for hydroxylation is 1. The van der Waals surface area contributed by atoms with Gasteiger partial charge in [0.15, 0.2) is 0 Å². The highest BCUT2D eigenvalue weighted by molar-refractivity contribution is 6.08. The highest BCUT2D eigenvalue weighted by atomic mass is 16.2. The number of benzene rings is 3. The summed E-state index contributed by atoms with van der Waals surface area (Å²) >= 11 is 0. The fourth-order valence-corrected chi connectivity index (χ4v) is 4.05. The monoisotopic (exact) mass is 464 g/mol. The van der Waals surface area contributed by atoms with Crippen LogP contribution >= 0.6 is 0 Å². The van der Waals surface area contributed by atoms with Crippen molar-refractivity contribution >= 4 is 23.4 Å². The zero-order valence-corrected chi connectivity index (χ0v) is 19.3. The van der Waals surface area contributed by atoms with Crippen LogP contribution in [0.1, 0.15) is 34.3 Å². The Morgan fingerprint density at radius 1 is 0.886 bits per heavy atom. The van der Waals surface area contributed by atoms with Crippen molar-refractivity contribution in [2.24, 2.45) is 0 Å². The normalized spacial score (nSPS) is 13.3. The number of carbonyl (C=O) groups is 3. The van der Waals surface area contributed by atoms with Crippen LogP contribution in [0.2, 0.25) is 0 Å². The summed E-state index contributed by atoms with van der Waals surface area (Å²) in [4.78, 5) is 38.3. The average molecular weight is 465 g/mol. The maximum absolute atomic E-state index is 13.3. The fourth-order valence-electron chi connectivity index (χ4n) is 4.05. The van der Waals surface area contributed by atoms with Crippen LogP contribution in [-0.4, -0.2) is 32.4 Å². The third-order valence-electron chi connectivity index (χ3n) is 6.01. The molecule has 0 spiro atoms. The predicted octanol–water partition coefficient (Wildman–Crippen LogP) is 4.75. The third kappa shape index (κ3) is 4.75. The SMILES string of the molecule is Cc1ccc(-n2cc(C(=O)Nc3ccc(CN4C(=O)CCC4=O)cc3)c(-c3ccccc3)n2)cc1. The highest BCUT2D eigenvalue weighted by Crippen LogP contribution is 2.25. The predicted molar refractivity (Wildman–Crippen MR) is 133 cm³/mol. The number of hydrogen-bond acceptors (Lipinski definition) is 4. The molecule has 0 aliphatic carbocycles. The van der Waals surface area contributed by atoms with Gasteiger partial charge in [0.1, 0.15) is 5.69 Å². The van der Waals surface area contributed by atoms with Gasteiger partial charge in [-0.25, -0.2) is 4.68 Å². The lowest BCUT2D eigenvalue weighted by Gasteiger charge is -2.14. The number of anilines is 1. The molecular weight excluding hydrogens is 440 g/mol. The minimum atomic E-state index is -0.278. The van der Waals surface area contributed by atoms with Gasteiger partial charge in [-0.3, -0.25) is 19.3 Å². The second-order valence-corrected chi connectivity index (χ2v) is 8.56. The molecule has 0 radical (unpaired) electrons. The molecular formula is C28H24N4O3. The van der Waals surface area contributed by atoms with Crippen LogP contribution in [0.25, 0.3) is 16.9 Å². The lowest BCUT2D eigenvalue weighted by atomic mass is 10.1. The Morgan fingerprint density at radius 2 is 1.54 bits per heavy atom. The van der Waals surface area contributed by atoms with Gasteiger partial charge in [0.2, 0.25) is 11.8 Å². The van der Waals surface area contributed by atoms with Gasteiger partial charge < -0.3 is 5.32 Å². The Bertz CT molecular complexity index is 1370. The van der Waals surface area contributed by atoms with Crippen molar-refractivity contribution in [2.75, 3.05) is 5.32 Å². The quantitative estimate of drug-likeness (QED) is 0.418. The van der Waals surface area contributed by atoms with E-state index in [0.29, 0.717) is 16.9 Å². The van der Waals surface area contributed by atoms with E-state index in [4.69, 9.17) is 5.10 Å². The molecule has 0 saturated carbocycles. The molecule has 7 heteroatoms. The van der Waals surface area contributed by atoms with E-state index in [-0.39, 0.29) is 37.1 Å². The van der Waals surface area contributed by atoms with Crippen molar-refractivity contribution in [1.29, 1.82) is 0 Å². The van der Waals surface area contributed by atoms with Gasteiger partial charge in [0.05, 0.1) is 17.8 Å². The average Bonchev–Trinajstić information content (AvgIpc) is 3.46. The lowest BCUT2D eigenvalue weighted by Crippen LogP contribution is -2.28. The lowest BCUT2D eigenvalue weighted by molar-refractivity contribution is -0.139. The molecule has 0 bridgehead atoms. The van der Waals surface area contributed by atoms with Crippen LogP contribution in [0.5, 0.6) is 0 Å². The van der Waals surface area contributed by atoms with Crippen LogP contribution in [0, 0.1) is 6.92 Å². The molecule has 0 unspecified atom stereocenters. The van der Waals surface area contributed by atoms with E-state index in [1.165, 1.54) is 4.90 Å². The van der Waals surface area contributed by atoms with Crippen molar-refractivity contribution in [3.63, 3.8) is 0 Å². The fraction of sp³-hybridized carbons (Fsp3) is 0.143. The van der Waals surface area contributed by atoms with Crippen LogP contribution in [0.4, 0.5) is 5.69 Å². The Kier molecular flexibility index (Phi) is 5.97. The number of likely N-dealkylation sites (tertiary alicyclic amines) is 1. The highest BCUT2D eigenvalue weighted by Gasteiger charge is 2.28. The maximum atomic E-state index is 13.3. The molecule has 35 heavy (non-hydrogen) atoms. The smallest absolute Gasteiger partial charge is 0.259 e. The van der Waals surface area contributed by atoms with Gasteiger partial charge in [0.25, 0.3) is 5.91 Å². The van der Waals surface area contributed by atoms with Gasteiger partial charge in [0, 0.05) is 30.3 Å². The van der Waals surface area contributed by atoms with Crippen molar-refractivity contribution in [1.82, 2.24) is 14.7 Å². The molecule has 1 aliphatic heterocycles. The minimum absolute atomic E-state index is 0.147. The summed E-state index contributed by atoms with van der Waals surface area (Å²) in [6.45, 7) is 2.26. The Morgan fingerprint density at radius 3 is 2.20 bits per heavy atom. The van der Waals surface area contributed by atoms with Crippen molar-refractivity contribution in [3.8, 4) is 16.9 Å². The van der Waals surface area contributed by atoms with E-state index in [2.05, 4.69) is 5.32 Å². The molecule has 174 valence electrons. The Balaban J connectivity index is 1.39. The maximum Gasteiger partial charge on any atom is 0.259 e. The summed E-state index contributed by atoms with van der Waals surface area (Å²) < 4.78 is 1.71.